The van der Waals surface area contributed by atoms with Gasteiger partial charge < -0.3 is 9.63 Å². The molecule has 2 nitrogen and oxygen atoms in total. The predicted octanol–water partition coefficient (Wildman–Crippen LogP) is -0.330. The summed E-state index contributed by atoms with van der Waals surface area (Å²) in [5.41, 5.74) is 0. The van der Waals surface area contributed by atoms with Crippen molar-refractivity contribution in [1.82, 2.24) is 0 Å². The molecule has 0 saturated carbocycles. The zero-order valence-corrected chi connectivity index (χ0v) is 4.35. The summed E-state index contributed by atoms with van der Waals surface area (Å²) in [6.07, 6.45) is 0.832. The first-order chi connectivity index (χ1) is 2.89. The Morgan fingerprint density at radius 3 is 2.57 bits per heavy atom. The quantitative estimate of drug-likeness (QED) is 0.359. The van der Waals surface area contributed by atoms with E-state index in [9.17, 15) is 0 Å². The Bertz CT molecular complexity index is 46.2. The summed E-state index contributed by atoms with van der Waals surface area (Å²) in [7, 11) is 0.338. The molecule has 0 aliphatic carbocycles. The van der Waals surface area contributed by atoms with Gasteiger partial charge in [-0.25, -0.2) is 0 Å². The van der Waals surface area contributed by atoms with Crippen molar-refractivity contribution in [3.8, 4) is 0 Å². The average Bonchev–Trinajstić information content (AvgIpc) is 1.86. The topological polar surface area (TPSA) is 29.5 Å². The summed E-state index contributed by atoms with van der Waals surface area (Å²) in [5, 5.41) is 8.62. The summed E-state index contributed by atoms with van der Waals surface area (Å²) in [4.78, 5) is 0. The zero-order chi connectivity index (χ0) is 4.41. The zero-order valence-electron chi connectivity index (χ0n) is 3.35. The fourth-order valence-electron chi connectivity index (χ4n) is 0.385. The number of aliphatic hydroxyl groups is 1. The van der Waals surface area contributed by atoms with Crippen LogP contribution in [0.1, 0.15) is 6.42 Å². The molecule has 0 aromatic rings. The maximum atomic E-state index is 8.62. The number of hydrogen-bond donors (Lipinski definition) is 1. The van der Waals surface area contributed by atoms with Crippen molar-refractivity contribution in [2.45, 2.75) is 12.3 Å². The van der Waals surface area contributed by atoms with Crippen LogP contribution in [-0.2, 0) is 4.52 Å². The van der Waals surface area contributed by atoms with E-state index in [0.717, 1.165) is 13.0 Å². The van der Waals surface area contributed by atoms with E-state index in [2.05, 4.69) is 0 Å². The number of aliphatic hydroxyl groups excluding tert-OH is 1. The summed E-state index contributed by atoms with van der Waals surface area (Å²) in [6.45, 7) is 0.750. The second kappa shape index (κ2) is 4.25. The first kappa shape index (κ1) is 8.35. The van der Waals surface area contributed by atoms with E-state index in [0.29, 0.717) is 8.81 Å². The van der Waals surface area contributed by atoms with Gasteiger partial charge in [-0.2, -0.15) is 0 Å². The van der Waals surface area contributed by atoms with E-state index in [4.69, 9.17) is 9.63 Å². The first-order valence-corrected chi connectivity index (χ1v) is 2.93. The molecule has 0 aromatic heterocycles. The third-order valence-corrected chi connectivity index (χ3v) is 1.64. The van der Waals surface area contributed by atoms with E-state index in [-0.39, 0.29) is 35.4 Å². The van der Waals surface area contributed by atoms with Gasteiger partial charge >= 0.3 is 29.6 Å². The van der Waals surface area contributed by atoms with Crippen LogP contribution in [0.5, 0.6) is 0 Å². The summed E-state index contributed by atoms with van der Waals surface area (Å²) >= 11 is 0. The average molecular weight is 130 g/mol. The minimum absolute atomic E-state index is 0. The Balaban J connectivity index is 0.000000360. The molecule has 0 amide bonds. The summed E-state index contributed by atoms with van der Waals surface area (Å²) < 4.78 is 4.83. The Hall–Kier alpha value is 1.35. The molecular weight excluding hydrogens is 122 g/mol. The van der Waals surface area contributed by atoms with Gasteiger partial charge in [-0.15, -0.1) is 0 Å². The van der Waals surface area contributed by atoms with Crippen LogP contribution in [-0.4, -0.2) is 47.1 Å². The van der Waals surface area contributed by atoms with Crippen molar-refractivity contribution in [2.75, 3.05) is 6.61 Å². The van der Waals surface area contributed by atoms with Gasteiger partial charge in [0.05, 0.1) is 12.5 Å². The Morgan fingerprint density at radius 2 is 2.43 bits per heavy atom. The molecule has 1 rings (SSSR count). The van der Waals surface area contributed by atoms with E-state index in [1.165, 1.54) is 0 Å². The van der Waals surface area contributed by atoms with Crippen molar-refractivity contribution in [2.24, 2.45) is 0 Å². The van der Waals surface area contributed by atoms with Crippen LogP contribution < -0.4 is 0 Å². The fraction of sp³-hybridized carbons (Fsp3) is 1.00. The molecule has 1 aliphatic rings. The minimum atomic E-state index is -0.148. The van der Waals surface area contributed by atoms with Crippen LogP contribution in [0.25, 0.3) is 0 Å². The Kier molecular flexibility index (Phi) is 5.07. The molecule has 1 fully saturated rings. The fourth-order valence-corrected chi connectivity index (χ4v) is 1.05. The standard InChI is InChI=1S/C3H7O2P.Na.H/c4-3-1-2-5-6-3;;/h3-4,6H,1-2H2;;. The van der Waals surface area contributed by atoms with Gasteiger partial charge in [0.15, 0.2) is 0 Å². The van der Waals surface area contributed by atoms with Crippen LogP contribution in [0.4, 0.5) is 0 Å². The molecule has 0 spiro atoms. The van der Waals surface area contributed by atoms with Crippen molar-refractivity contribution >= 4 is 38.4 Å². The SMILES string of the molecule is OC1CCOP1.[NaH]. The second-order valence-corrected chi connectivity index (χ2v) is 2.46. The van der Waals surface area contributed by atoms with E-state index >= 15 is 0 Å². The van der Waals surface area contributed by atoms with Gasteiger partial charge in [0.1, 0.15) is 0 Å². The van der Waals surface area contributed by atoms with E-state index in [1.54, 1.807) is 0 Å². The molecule has 1 aliphatic heterocycles. The van der Waals surface area contributed by atoms with Crippen LogP contribution >= 0.6 is 8.81 Å². The monoisotopic (exact) mass is 130 g/mol. The molecular formula is C3H8NaO2P. The van der Waals surface area contributed by atoms with Crippen molar-refractivity contribution in [3.63, 3.8) is 0 Å². The Labute approximate surface area is 66.8 Å². The molecule has 2 atom stereocenters. The van der Waals surface area contributed by atoms with Gasteiger partial charge in [0.25, 0.3) is 0 Å². The molecule has 0 bridgehead atoms. The molecule has 0 aromatic carbocycles. The van der Waals surface area contributed by atoms with Gasteiger partial charge in [-0.05, 0) is 0 Å². The van der Waals surface area contributed by atoms with E-state index in [1.807, 2.05) is 0 Å². The number of hydrogen-bond acceptors (Lipinski definition) is 2. The summed E-state index contributed by atoms with van der Waals surface area (Å²) in [6, 6.07) is 0. The summed E-state index contributed by atoms with van der Waals surface area (Å²) in [5.74, 6) is -0.148. The van der Waals surface area contributed by atoms with Crippen LogP contribution in [0.15, 0.2) is 0 Å². The van der Waals surface area contributed by atoms with Crippen LogP contribution in [0, 0.1) is 0 Å². The van der Waals surface area contributed by atoms with Crippen molar-refractivity contribution in [3.05, 3.63) is 0 Å². The van der Waals surface area contributed by atoms with Crippen LogP contribution in [0.2, 0.25) is 0 Å². The molecule has 1 N–H and O–H groups in total. The molecule has 2 unspecified atom stereocenters. The van der Waals surface area contributed by atoms with Crippen molar-refractivity contribution in [1.29, 1.82) is 0 Å². The van der Waals surface area contributed by atoms with Gasteiger partial charge in [-0.3, -0.25) is 0 Å². The molecule has 0 radical (unpaired) electrons. The van der Waals surface area contributed by atoms with Crippen LogP contribution in [0.3, 0.4) is 0 Å². The molecule has 4 heteroatoms. The number of rotatable bonds is 0. The van der Waals surface area contributed by atoms with Gasteiger partial charge in [-0.1, -0.05) is 0 Å². The molecule has 1 heterocycles. The van der Waals surface area contributed by atoms with E-state index < -0.39 is 0 Å². The van der Waals surface area contributed by atoms with Gasteiger partial charge in [0.2, 0.25) is 0 Å². The third-order valence-electron chi connectivity index (χ3n) is 0.713. The second-order valence-electron chi connectivity index (χ2n) is 1.27. The third kappa shape index (κ3) is 3.02. The molecule has 1 saturated heterocycles. The Morgan fingerprint density at radius 1 is 1.71 bits per heavy atom. The maximum absolute atomic E-state index is 8.62. The molecule has 38 valence electrons. The normalized spacial score (nSPS) is 33.0. The first-order valence-electron chi connectivity index (χ1n) is 1.95. The van der Waals surface area contributed by atoms with Crippen molar-refractivity contribution < 1.29 is 9.63 Å². The molecule has 7 heavy (non-hydrogen) atoms. The van der Waals surface area contributed by atoms with Gasteiger partial charge in [0, 0.05) is 15.2 Å². The predicted molar refractivity (Wildman–Crippen MR) is 32.0 cm³/mol.